The fraction of sp³-hybridized carbons (Fsp3) is 0.286. The number of rotatable bonds is 7. The van der Waals surface area contributed by atoms with E-state index in [-0.39, 0.29) is 17.4 Å². The number of anilines is 1. The van der Waals surface area contributed by atoms with Crippen LogP contribution in [-0.4, -0.2) is 27.7 Å². The second kappa shape index (κ2) is 8.89. The first-order valence-electron chi connectivity index (χ1n) is 9.34. The Morgan fingerprint density at radius 3 is 2.71 bits per heavy atom. The fourth-order valence-electron chi connectivity index (χ4n) is 2.95. The van der Waals surface area contributed by atoms with Gasteiger partial charge >= 0.3 is 0 Å². The van der Waals surface area contributed by atoms with Crippen LogP contribution in [0.15, 0.2) is 42.6 Å². The van der Waals surface area contributed by atoms with E-state index >= 15 is 0 Å². The lowest BCUT2D eigenvalue weighted by atomic mass is 10.2. The topological polar surface area (TPSA) is 75.5 Å². The van der Waals surface area contributed by atoms with Crippen LogP contribution in [0.2, 0.25) is 5.02 Å². The Morgan fingerprint density at radius 2 is 1.93 bits per heavy atom. The van der Waals surface area contributed by atoms with Gasteiger partial charge in [-0.3, -0.25) is 14.0 Å². The average molecular weight is 399 g/mol. The summed E-state index contributed by atoms with van der Waals surface area (Å²) in [6.07, 6.45) is 4.76. The first-order chi connectivity index (χ1) is 13.5. The number of nitrogens with zero attached hydrogens (tertiary/aromatic N) is 2. The van der Waals surface area contributed by atoms with Gasteiger partial charge in [-0.2, -0.15) is 0 Å². The maximum Gasteiger partial charge on any atom is 0.292 e. The molecule has 1 aromatic carbocycles. The summed E-state index contributed by atoms with van der Waals surface area (Å²) in [6, 6.07) is 10.7. The molecule has 0 spiro atoms. The highest BCUT2D eigenvalue weighted by Gasteiger charge is 2.21. The van der Waals surface area contributed by atoms with Crippen LogP contribution in [0, 0.1) is 6.92 Å². The van der Waals surface area contributed by atoms with Crippen LogP contribution >= 0.6 is 11.6 Å². The molecule has 2 aromatic heterocycles. The maximum atomic E-state index is 12.9. The van der Waals surface area contributed by atoms with Crippen molar-refractivity contribution in [2.75, 3.05) is 11.9 Å². The zero-order chi connectivity index (χ0) is 20.1. The van der Waals surface area contributed by atoms with E-state index in [4.69, 9.17) is 11.6 Å². The van der Waals surface area contributed by atoms with E-state index in [0.29, 0.717) is 22.8 Å². The van der Waals surface area contributed by atoms with Crippen LogP contribution in [0.4, 0.5) is 5.69 Å². The molecule has 0 unspecified atom stereocenters. The number of nitrogens with one attached hydrogen (secondary N) is 2. The van der Waals surface area contributed by atoms with E-state index in [1.807, 2.05) is 13.0 Å². The number of halogens is 1. The van der Waals surface area contributed by atoms with E-state index in [9.17, 15) is 9.59 Å². The lowest BCUT2D eigenvalue weighted by Crippen LogP contribution is -2.25. The minimum Gasteiger partial charge on any atom is -0.351 e. The first kappa shape index (κ1) is 19.9. The molecule has 2 N–H and O–H groups in total. The second-order valence-corrected chi connectivity index (χ2v) is 6.98. The Hall–Kier alpha value is -2.86. The number of fused-ring (bicyclic) bond motifs is 1. The summed E-state index contributed by atoms with van der Waals surface area (Å²) in [5, 5.41) is 6.28. The van der Waals surface area contributed by atoms with Crippen molar-refractivity contribution < 1.29 is 9.59 Å². The zero-order valence-corrected chi connectivity index (χ0v) is 16.7. The fourth-order valence-corrected chi connectivity index (χ4v) is 3.12. The van der Waals surface area contributed by atoms with Gasteiger partial charge in [-0.05, 0) is 43.2 Å². The molecule has 146 valence electrons. The molecule has 0 aliphatic heterocycles. The molecule has 0 aliphatic rings. The largest absolute Gasteiger partial charge is 0.351 e. The van der Waals surface area contributed by atoms with Gasteiger partial charge in [-0.25, -0.2) is 4.98 Å². The predicted octanol–water partition coefficient (Wildman–Crippen LogP) is 4.47. The number of imidazole rings is 1. The Morgan fingerprint density at radius 1 is 1.11 bits per heavy atom. The van der Waals surface area contributed by atoms with Crippen LogP contribution in [0.25, 0.3) is 5.52 Å². The third kappa shape index (κ3) is 4.17. The molecular weight excluding hydrogens is 376 g/mol. The van der Waals surface area contributed by atoms with Crippen molar-refractivity contribution in [1.82, 2.24) is 14.7 Å². The summed E-state index contributed by atoms with van der Waals surface area (Å²) in [5.41, 5.74) is 2.21. The van der Waals surface area contributed by atoms with Gasteiger partial charge in [0.05, 0.1) is 5.52 Å². The molecule has 0 saturated heterocycles. The minimum absolute atomic E-state index is 0.147. The highest BCUT2D eigenvalue weighted by atomic mass is 35.5. The molecular formula is C21H23ClN4O2. The van der Waals surface area contributed by atoms with Gasteiger partial charge in [0.2, 0.25) is 5.82 Å². The summed E-state index contributed by atoms with van der Waals surface area (Å²) in [5.74, 6) is -0.539. The van der Waals surface area contributed by atoms with Crippen LogP contribution in [0.3, 0.4) is 0 Å². The molecule has 0 bridgehead atoms. The molecule has 0 saturated carbocycles. The summed E-state index contributed by atoms with van der Waals surface area (Å²) < 4.78 is 1.62. The Balaban J connectivity index is 1.88. The molecule has 0 atom stereocenters. The number of pyridine rings is 1. The number of aromatic nitrogens is 2. The molecule has 2 amide bonds. The van der Waals surface area contributed by atoms with Gasteiger partial charge in [0.25, 0.3) is 11.8 Å². The lowest BCUT2D eigenvalue weighted by molar-refractivity contribution is 0.0950. The summed E-state index contributed by atoms with van der Waals surface area (Å²) in [6.45, 7) is 4.52. The standard InChI is InChI=1S/C21H23ClN4O2/c1-3-4-6-12-23-20(27)18-17-11-5-7-13-26(17)19(25-18)21(28)24-16-10-8-9-15(22)14(16)2/h5,7-11,13H,3-4,6,12H2,1-2H3,(H,23,27)(H,24,28). The Bertz CT molecular complexity index is 1010. The Kier molecular flexibility index (Phi) is 6.31. The molecule has 6 nitrogen and oxygen atoms in total. The quantitative estimate of drug-likeness (QED) is 0.576. The number of amides is 2. The highest BCUT2D eigenvalue weighted by molar-refractivity contribution is 6.31. The molecule has 3 aromatic rings. The van der Waals surface area contributed by atoms with Gasteiger partial charge in [0.15, 0.2) is 5.69 Å². The van der Waals surface area contributed by atoms with Crippen molar-refractivity contribution in [2.45, 2.75) is 33.1 Å². The number of carbonyl (C=O) groups is 2. The van der Waals surface area contributed by atoms with Crippen LogP contribution in [0.1, 0.15) is 52.9 Å². The van der Waals surface area contributed by atoms with Gasteiger partial charge in [0, 0.05) is 23.5 Å². The number of unbranched alkanes of at least 4 members (excludes halogenated alkanes) is 2. The number of carbonyl (C=O) groups excluding carboxylic acids is 2. The second-order valence-electron chi connectivity index (χ2n) is 6.57. The van der Waals surface area contributed by atoms with Gasteiger partial charge in [-0.1, -0.05) is 43.5 Å². The molecule has 0 aliphatic carbocycles. The molecule has 0 fully saturated rings. The molecule has 2 heterocycles. The monoisotopic (exact) mass is 398 g/mol. The van der Waals surface area contributed by atoms with Crippen molar-refractivity contribution in [3.05, 3.63) is 64.7 Å². The Labute approximate surface area is 168 Å². The zero-order valence-electron chi connectivity index (χ0n) is 16.0. The van der Waals surface area contributed by atoms with Crippen molar-refractivity contribution in [3.8, 4) is 0 Å². The van der Waals surface area contributed by atoms with Crippen LogP contribution in [0.5, 0.6) is 0 Å². The molecule has 3 rings (SSSR count). The highest BCUT2D eigenvalue weighted by Crippen LogP contribution is 2.23. The van der Waals surface area contributed by atoms with E-state index < -0.39 is 5.91 Å². The number of hydrogen-bond acceptors (Lipinski definition) is 3. The molecule has 28 heavy (non-hydrogen) atoms. The van der Waals surface area contributed by atoms with Crippen molar-refractivity contribution in [3.63, 3.8) is 0 Å². The van der Waals surface area contributed by atoms with Gasteiger partial charge in [0.1, 0.15) is 0 Å². The molecule has 0 radical (unpaired) electrons. The summed E-state index contributed by atoms with van der Waals surface area (Å²) in [4.78, 5) is 29.8. The van der Waals surface area contributed by atoms with E-state index in [1.165, 1.54) is 0 Å². The van der Waals surface area contributed by atoms with Crippen LogP contribution < -0.4 is 10.6 Å². The van der Waals surface area contributed by atoms with E-state index in [1.54, 1.807) is 40.9 Å². The SMILES string of the molecule is CCCCCNC(=O)c1nc(C(=O)Nc2cccc(Cl)c2C)n2ccccc12. The predicted molar refractivity (Wildman–Crippen MR) is 111 cm³/mol. The first-order valence-corrected chi connectivity index (χ1v) is 9.72. The minimum atomic E-state index is -0.406. The third-order valence-corrected chi connectivity index (χ3v) is 4.96. The van der Waals surface area contributed by atoms with E-state index in [0.717, 1.165) is 24.8 Å². The normalized spacial score (nSPS) is 10.8. The average Bonchev–Trinajstić information content (AvgIpc) is 3.08. The van der Waals surface area contributed by atoms with Crippen LogP contribution in [-0.2, 0) is 0 Å². The number of benzene rings is 1. The van der Waals surface area contributed by atoms with Gasteiger partial charge < -0.3 is 10.6 Å². The summed E-state index contributed by atoms with van der Waals surface area (Å²) >= 11 is 6.13. The van der Waals surface area contributed by atoms with Gasteiger partial charge in [-0.15, -0.1) is 0 Å². The molecule has 7 heteroatoms. The number of hydrogen-bond donors (Lipinski definition) is 2. The van der Waals surface area contributed by atoms with E-state index in [2.05, 4.69) is 22.5 Å². The smallest absolute Gasteiger partial charge is 0.292 e. The maximum absolute atomic E-state index is 12.9. The lowest BCUT2D eigenvalue weighted by Gasteiger charge is -2.08. The van der Waals surface area contributed by atoms with Crippen molar-refractivity contribution >= 4 is 34.6 Å². The third-order valence-electron chi connectivity index (χ3n) is 4.55. The van der Waals surface area contributed by atoms with Crippen molar-refractivity contribution in [2.24, 2.45) is 0 Å². The summed E-state index contributed by atoms with van der Waals surface area (Å²) in [7, 11) is 0. The van der Waals surface area contributed by atoms with Crippen molar-refractivity contribution in [1.29, 1.82) is 0 Å².